The van der Waals surface area contributed by atoms with E-state index in [9.17, 15) is 4.39 Å². The predicted molar refractivity (Wildman–Crippen MR) is 91.5 cm³/mol. The minimum atomic E-state index is -0.218. The molecule has 0 spiro atoms. The fraction of sp³-hybridized carbons (Fsp3) is 0.444. The van der Waals surface area contributed by atoms with Crippen LogP contribution in [0.2, 0.25) is 0 Å². The Morgan fingerprint density at radius 3 is 2.38 bits per heavy atom. The highest BCUT2D eigenvalue weighted by atomic mass is 19.1. The van der Waals surface area contributed by atoms with Crippen molar-refractivity contribution in [2.75, 3.05) is 38.2 Å². The van der Waals surface area contributed by atoms with E-state index < -0.39 is 0 Å². The van der Waals surface area contributed by atoms with E-state index in [2.05, 4.69) is 20.2 Å². The molecule has 1 atom stereocenters. The van der Waals surface area contributed by atoms with Crippen molar-refractivity contribution in [3.63, 3.8) is 0 Å². The second-order valence-electron chi connectivity index (χ2n) is 6.07. The first-order chi connectivity index (χ1) is 11.6. The smallest absolute Gasteiger partial charge is 0.223 e. The monoisotopic (exact) mass is 330 g/mol. The Labute approximate surface area is 141 Å². The van der Waals surface area contributed by atoms with Gasteiger partial charge in [0.25, 0.3) is 0 Å². The first-order valence-corrected chi connectivity index (χ1v) is 8.25. The molecular weight excluding hydrogens is 307 g/mol. The van der Waals surface area contributed by atoms with Gasteiger partial charge < -0.3 is 10.1 Å². The molecule has 5 nitrogen and oxygen atoms in total. The third-order valence-corrected chi connectivity index (χ3v) is 4.18. The average molecular weight is 330 g/mol. The van der Waals surface area contributed by atoms with Gasteiger partial charge >= 0.3 is 0 Å². The molecule has 2 heterocycles. The number of aryl methyl sites for hydroxylation is 2. The predicted octanol–water partition coefficient (Wildman–Crippen LogP) is 2.72. The lowest BCUT2D eigenvalue weighted by molar-refractivity contribution is 0.0186. The Balaban J connectivity index is 1.77. The van der Waals surface area contributed by atoms with Crippen LogP contribution in [0, 0.1) is 19.7 Å². The van der Waals surface area contributed by atoms with Gasteiger partial charge in [0.15, 0.2) is 0 Å². The summed E-state index contributed by atoms with van der Waals surface area (Å²) in [4.78, 5) is 11.2. The molecule has 24 heavy (non-hydrogen) atoms. The first-order valence-electron chi connectivity index (χ1n) is 8.25. The molecule has 1 N–H and O–H groups in total. The van der Waals surface area contributed by atoms with Crippen LogP contribution in [0.15, 0.2) is 30.3 Å². The number of hydrogen-bond acceptors (Lipinski definition) is 5. The van der Waals surface area contributed by atoms with Crippen molar-refractivity contribution in [1.82, 2.24) is 14.9 Å². The number of nitrogens with one attached hydrogen (secondary N) is 1. The highest BCUT2D eigenvalue weighted by molar-refractivity contribution is 5.30. The maximum atomic E-state index is 13.3. The van der Waals surface area contributed by atoms with Crippen molar-refractivity contribution in [3.8, 4) is 0 Å². The zero-order valence-electron chi connectivity index (χ0n) is 14.1. The van der Waals surface area contributed by atoms with Gasteiger partial charge in [0, 0.05) is 31.0 Å². The SMILES string of the molecule is Cc1cc(C)nc(NC[C@@H](c2ccc(F)cc2)N2CCOCC2)n1. The standard InChI is InChI=1S/C18H23FN4O/c1-13-11-14(2)22-18(21-13)20-12-17(23-7-9-24-10-8-23)15-3-5-16(19)6-4-15/h3-6,11,17H,7-10,12H2,1-2H3,(H,20,21,22)/t17-/m0/s1. The van der Waals surface area contributed by atoms with E-state index in [4.69, 9.17) is 4.74 Å². The lowest BCUT2D eigenvalue weighted by atomic mass is 10.0. The average Bonchev–Trinajstić information content (AvgIpc) is 2.57. The fourth-order valence-electron chi connectivity index (χ4n) is 3.02. The molecule has 1 fully saturated rings. The van der Waals surface area contributed by atoms with Crippen LogP contribution in [-0.2, 0) is 4.74 Å². The Bertz CT molecular complexity index is 651. The van der Waals surface area contributed by atoms with Crippen LogP contribution < -0.4 is 5.32 Å². The molecule has 0 bridgehead atoms. The third kappa shape index (κ3) is 4.27. The Morgan fingerprint density at radius 1 is 1.12 bits per heavy atom. The van der Waals surface area contributed by atoms with E-state index in [0.717, 1.165) is 43.3 Å². The Kier molecular flexibility index (Phi) is 5.37. The lowest BCUT2D eigenvalue weighted by Gasteiger charge is -2.35. The molecule has 0 amide bonds. The molecule has 3 rings (SSSR count). The third-order valence-electron chi connectivity index (χ3n) is 4.18. The van der Waals surface area contributed by atoms with Crippen LogP contribution in [0.25, 0.3) is 0 Å². The molecule has 2 aromatic rings. The highest BCUT2D eigenvalue weighted by Gasteiger charge is 2.23. The maximum Gasteiger partial charge on any atom is 0.223 e. The summed E-state index contributed by atoms with van der Waals surface area (Å²) >= 11 is 0. The van der Waals surface area contributed by atoms with Crippen molar-refractivity contribution in [3.05, 3.63) is 53.1 Å². The molecule has 0 aliphatic carbocycles. The van der Waals surface area contributed by atoms with Crippen molar-refractivity contribution < 1.29 is 9.13 Å². The van der Waals surface area contributed by atoms with Gasteiger partial charge in [-0.05, 0) is 37.6 Å². The van der Waals surface area contributed by atoms with Crippen LogP contribution in [0.3, 0.4) is 0 Å². The summed E-state index contributed by atoms with van der Waals surface area (Å²) in [5.74, 6) is 0.415. The van der Waals surface area contributed by atoms with Crippen molar-refractivity contribution in [1.29, 1.82) is 0 Å². The molecule has 1 aliphatic heterocycles. The molecule has 1 aromatic heterocycles. The van der Waals surface area contributed by atoms with Gasteiger partial charge in [0.05, 0.1) is 19.3 Å². The van der Waals surface area contributed by atoms with Crippen LogP contribution in [0.1, 0.15) is 23.0 Å². The maximum absolute atomic E-state index is 13.3. The van der Waals surface area contributed by atoms with Gasteiger partial charge in [0.1, 0.15) is 5.82 Å². The van der Waals surface area contributed by atoms with Gasteiger partial charge in [-0.2, -0.15) is 0 Å². The summed E-state index contributed by atoms with van der Waals surface area (Å²) in [5, 5.41) is 3.34. The molecule has 1 aromatic carbocycles. The van der Waals surface area contributed by atoms with Gasteiger partial charge in [-0.15, -0.1) is 0 Å². The molecule has 0 saturated carbocycles. The number of rotatable bonds is 5. The first kappa shape index (κ1) is 16.8. The molecule has 6 heteroatoms. The Morgan fingerprint density at radius 2 is 1.75 bits per heavy atom. The Hall–Kier alpha value is -2.05. The van der Waals surface area contributed by atoms with Gasteiger partial charge in [0.2, 0.25) is 5.95 Å². The van der Waals surface area contributed by atoms with Crippen LogP contribution in [0.4, 0.5) is 10.3 Å². The van der Waals surface area contributed by atoms with E-state index in [1.165, 1.54) is 12.1 Å². The van der Waals surface area contributed by atoms with Gasteiger partial charge in [-0.25, -0.2) is 14.4 Å². The molecular formula is C18H23FN4O. The van der Waals surface area contributed by atoms with Crippen molar-refractivity contribution in [2.24, 2.45) is 0 Å². The zero-order valence-corrected chi connectivity index (χ0v) is 14.1. The highest BCUT2D eigenvalue weighted by Crippen LogP contribution is 2.22. The topological polar surface area (TPSA) is 50.3 Å². The zero-order chi connectivity index (χ0) is 16.9. The van der Waals surface area contributed by atoms with Crippen LogP contribution in [-0.4, -0.2) is 47.7 Å². The minimum absolute atomic E-state index is 0.124. The number of morpholine rings is 1. The summed E-state index contributed by atoms with van der Waals surface area (Å²) in [6.45, 7) is 7.73. The van der Waals surface area contributed by atoms with E-state index in [1.54, 1.807) is 0 Å². The van der Waals surface area contributed by atoms with E-state index >= 15 is 0 Å². The lowest BCUT2D eigenvalue weighted by Crippen LogP contribution is -2.41. The quantitative estimate of drug-likeness (QED) is 0.913. The number of ether oxygens (including phenoxy) is 1. The van der Waals surface area contributed by atoms with Gasteiger partial charge in [-0.3, -0.25) is 4.90 Å². The summed E-state index contributed by atoms with van der Waals surface area (Å²) in [7, 11) is 0. The summed E-state index contributed by atoms with van der Waals surface area (Å²) in [6.07, 6.45) is 0. The summed E-state index contributed by atoms with van der Waals surface area (Å²) < 4.78 is 18.7. The van der Waals surface area contributed by atoms with E-state index in [-0.39, 0.29) is 11.9 Å². The number of nitrogens with zero attached hydrogens (tertiary/aromatic N) is 3. The largest absolute Gasteiger partial charge is 0.379 e. The number of halogens is 1. The van der Waals surface area contributed by atoms with Crippen LogP contribution >= 0.6 is 0 Å². The molecule has 0 radical (unpaired) electrons. The number of hydrogen-bond donors (Lipinski definition) is 1. The fourth-order valence-corrected chi connectivity index (χ4v) is 3.02. The number of anilines is 1. The summed E-state index contributed by atoms with van der Waals surface area (Å²) in [5.41, 5.74) is 2.96. The van der Waals surface area contributed by atoms with E-state index in [1.807, 2.05) is 32.0 Å². The normalized spacial score (nSPS) is 16.8. The van der Waals surface area contributed by atoms with Gasteiger partial charge in [-0.1, -0.05) is 12.1 Å². The van der Waals surface area contributed by atoms with E-state index in [0.29, 0.717) is 12.5 Å². The van der Waals surface area contributed by atoms with Crippen LogP contribution in [0.5, 0.6) is 0 Å². The van der Waals surface area contributed by atoms with Crippen molar-refractivity contribution >= 4 is 5.95 Å². The van der Waals surface area contributed by atoms with Crippen molar-refractivity contribution in [2.45, 2.75) is 19.9 Å². The minimum Gasteiger partial charge on any atom is -0.379 e. The second-order valence-corrected chi connectivity index (χ2v) is 6.07. The molecule has 0 unspecified atom stereocenters. The second kappa shape index (κ2) is 7.68. The molecule has 128 valence electrons. The molecule has 1 saturated heterocycles. The molecule has 1 aliphatic rings. The number of benzene rings is 1. The summed E-state index contributed by atoms with van der Waals surface area (Å²) in [6, 6.07) is 8.79. The number of aromatic nitrogens is 2.